The normalized spacial score (nSPS) is 11.6. The third-order valence-corrected chi connectivity index (χ3v) is 3.89. The summed E-state index contributed by atoms with van der Waals surface area (Å²) in [7, 11) is 0. The molecule has 0 saturated heterocycles. The van der Waals surface area contributed by atoms with Gasteiger partial charge in [-0.05, 0) is 30.0 Å². The van der Waals surface area contributed by atoms with E-state index in [2.05, 4.69) is 10.1 Å². The lowest BCUT2D eigenvalue weighted by Crippen LogP contribution is -1.97. The predicted molar refractivity (Wildman–Crippen MR) is 88.9 cm³/mol. The molecular formula is C17H14N2O3S. The fourth-order valence-electron chi connectivity index (χ4n) is 2.18. The molecule has 1 aromatic carbocycles. The average molecular weight is 326 g/mol. The van der Waals surface area contributed by atoms with Crippen molar-refractivity contribution >= 4 is 29.0 Å². The van der Waals surface area contributed by atoms with Gasteiger partial charge in [0, 0.05) is 16.5 Å². The van der Waals surface area contributed by atoms with Crippen LogP contribution < -0.4 is 0 Å². The number of aliphatic carboxylic acids is 1. The molecule has 0 bridgehead atoms. The standard InChI is InChI=1S/C17H14N2O3S/c1-11-3-2-4-12(7-11)8-14(9-15(20)21)17-18-16(19-22-17)13-5-6-23-10-13/h2-8,10H,9H2,1H3,(H,20,21)/b14-8+. The highest BCUT2D eigenvalue weighted by Crippen LogP contribution is 2.25. The average Bonchev–Trinajstić information content (AvgIpc) is 3.17. The van der Waals surface area contributed by atoms with Crippen molar-refractivity contribution in [2.24, 2.45) is 0 Å². The van der Waals surface area contributed by atoms with Crippen molar-refractivity contribution in [1.82, 2.24) is 10.1 Å². The Balaban J connectivity index is 1.98. The zero-order valence-electron chi connectivity index (χ0n) is 12.4. The molecular weight excluding hydrogens is 312 g/mol. The molecule has 3 rings (SSSR count). The number of carboxylic acid groups (broad SMARTS) is 1. The van der Waals surface area contributed by atoms with Crippen molar-refractivity contribution in [3.05, 3.63) is 58.1 Å². The number of aryl methyl sites for hydroxylation is 1. The Morgan fingerprint density at radius 3 is 2.96 bits per heavy atom. The number of aromatic nitrogens is 2. The van der Waals surface area contributed by atoms with Gasteiger partial charge in [-0.15, -0.1) is 0 Å². The Kier molecular flexibility index (Phi) is 4.34. The van der Waals surface area contributed by atoms with Gasteiger partial charge in [-0.25, -0.2) is 0 Å². The molecule has 0 radical (unpaired) electrons. The van der Waals surface area contributed by atoms with Crippen LogP contribution in [0.2, 0.25) is 0 Å². The van der Waals surface area contributed by atoms with Gasteiger partial charge in [0.15, 0.2) is 0 Å². The fourth-order valence-corrected chi connectivity index (χ4v) is 2.81. The van der Waals surface area contributed by atoms with Crippen LogP contribution in [0.25, 0.3) is 23.0 Å². The molecule has 0 fully saturated rings. The number of rotatable bonds is 5. The van der Waals surface area contributed by atoms with Crippen molar-refractivity contribution in [3.63, 3.8) is 0 Å². The Bertz CT molecular complexity index is 850. The molecule has 2 heterocycles. The molecule has 0 saturated carbocycles. The molecule has 0 aliphatic heterocycles. The molecule has 3 aromatic rings. The summed E-state index contributed by atoms with van der Waals surface area (Å²) >= 11 is 1.54. The van der Waals surface area contributed by atoms with Crippen LogP contribution in [-0.2, 0) is 4.79 Å². The first-order valence-electron chi connectivity index (χ1n) is 6.97. The lowest BCUT2D eigenvalue weighted by molar-refractivity contribution is -0.135. The second kappa shape index (κ2) is 6.58. The van der Waals surface area contributed by atoms with Crippen LogP contribution in [0.1, 0.15) is 23.4 Å². The Hall–Kier alpha value is -2.73. The lowest BCUT2D eigenvalue weighted by atomic mass is 10.1. The van der Waals surface area contributed by atoms with Gasteiger partial charge < -0.3 is 9.63 Å². The summed E-state index contributed by atoms with van der Waals surface area (Å²) in [6.45, 7) is 1.98. The van der Waals surface area contributed by atoms with Gasteiger partial charge in [0.25, 0.3) is 5.89 Å². The van der Waals surface area contributed by atoms with E-state index in [1.54, 1.807) is 6.08 Å². The van der Waals surface area contributed by atoms with Gasteiger partial charge in [0.2, 0.25) is 5.82 Å². The number of carbonyl (C=O) groups is 1. The highest BCUT2D eigenvalue weighted by atomic mass is 32.1. The van der Waals surface area contributed by atoms with E-state index in [0.29, 0.717) is 11.4 Å². The van der Waals surface area contributed by atoms with Crippen molar-refractivity contribution in [1.29, 1.82) is 0 Å². The summed E-state index contributed by atoms with van der Waals surface area (Å²) in [6, 6.07) is 9.67. The Labute approximate surface area is 136 Å². The molecule has 1 N–H and O–H groups in total. The van der Waals surface area contributed by atoms with Crippen LogP contribution in [-0.4, -0.2) is 21.2 Å². The quantitative estimate of drug-likeness (QED) is 0.763. The maximum Gasteiger partial charge on any atom is 0.308 e. The van der Waals surface area contributed by atoms with E-state index in [0.717, 1.165) is 16.7 Å². The molecule has 0 aliphatic carbocycles. The second-order valence-corrected chi connectivity index (χ2v) is 5.87. The molecule has 6 heteroatoms. The molecule has 0 atom stereocenters. The van der Waals surface area contributed by atoms with E-state index in [1.807, 2.05) is 48.0 Å². The molecule has 0 spiro atoms. The number of nitrogens with zero attached hydrogens (tertiary/aromatic N) is 2. The number of hydrogen-bond donors (Lipinski definition) is 1. The summed E-state index contributed by atoms with van der Waals surface area (Å²) < 4.78 is 5.27. The molecule has 23 heavy (non-hydrogen) atoms. The fraction of sp³-hybridized carbons (Fsp3) is 0.118. The topological polar surface area (TPSA) is 76.2 Å². The van der Waals surface area contributed by atoms with Crippen molar-refractivity contribution in [3.8, 4) is 11.4 Å². The summed E-state index contributed by atoms with van der Waals surface area (Å²) in [5.74, 6) is -0.254. The summed E-state index contributed by atoms with van der Waals surface area (Å²) in [5.41, 5.74) is 3.33. The van der Waals surface area contributed by atoms with Gasteiger partial charge in [-0.1, -0.05) is 35.0 Å². The van der Waals surface area contributed by atoms with Crippen LogP contribution in [0.15, 0.2) is 45.6 Å². The van der Waals surface area contributed by atoms with Crippen molar-refractivity contribution in [2.75, 3.05) is 0 Å². The first-order chi connectivity index (χ1) is 11.1. The van der Waals surface area contributed by atoms with Crippen LogP contribution in [0.4, 0.5) is 0 Å². The van der Waals surface area contributed by atoms with E-state index in [4.69, 9.17) is 9.63 Å². The smallest absolute Gasteiger partial charge is 0.308 e. The molecule has 2 aromatic heterocycles. The highest BCUT2D eigenvalue weighted by Gasteiger charge is 2.16. The van der Waals surface area contributed by atoms with Crippen molar-refractivity contribution < 1.29 is 14.4 Å². The van der Waals surface area contributed by atoms with E-state index >= 15 is 0 Å². The Morgan fingerprint density at radius 1 is 1.39 bits per heavy atom. The zero-order valence-corrected chi connectivity index (χ0v) is 13.2. The maximum absolute atomic E-state index is 11.1. The third kappa shape index (κ3) is 3.73. The Morgan fingerprint density at radius 2 is 2.26 bits per heavy atom. The summed E-state index contributed by atoms with van der Waals surface area (Å²) in [6.07, 6.45) is 1.59. The summed E-state index contributed by atoms with van der Waals surface area (Å²) in [5, 5.41) is 16.9. The monoisotopic (exact) mass is 326 g/mol. The SMILES string of the molecule is Cc1cccc(/C=C(\CC(=O)O)c2nc(-c3ccsc3)no2)c1. The first-order valence-corrected chi connectivity index (χ1v) is 7.92. The molecule has 0 amide bonds. The third-order valence-electron chi connectivity index (χ3n) is 3.20. The van der Waals surface area contributed by atoms with Gasteiger partial charge in [0.1, 0.15) is 0 Å². The van der Waals surface area contributed by atoms with E-state index in [-0.39, 0.29) is 12.3 Å². The second-order valence-electron chi connectivity index (χ2n) is 5.09. The minimum atomic E-state index is -0.945. The van der Waals surface area contributed by atoms with Gasteiger partial charge >= 0.3 is 5.97 Å². The molecule has 0 unspecified atom stereocenters. The maximum atomic E-state index is 11.1. The van der Waals surface area contributed by atoms with E-state index in [9.17, 15) is 4.79 Å². The largest absolute Gasteiger partial charge is 0.481 e. The molecule has 5 nitrogen and oxygen atoms in total. The number of thiophene rings is 1. The van der Waals surface area contributed by atoms with Gasteiger partial charge in [-0.2, -0.15) is 16.3 Å². The summed E-state index contributed by atoms with van der Waals surface area (Å²) in [4.78, 5) is 15.5. The number of hydrogen-bond acceptors (Lipinski definition) is 5. The van der Waals surface area contributed by atoms with Crippen LogP contribution in [0.5, 0.6) is 0 Å². The van der Waals surface area contributed by atoms with Crippen LogP contribution in [0.3, 0.4) is 0 Å². The van der Waals surface area contributed by atoms with E-state index in [1.165, 1.54) is 11.3 Å². The van der Waals surface area contributed by atoms with E-state index < -0.39 is 5.97 Å². The minimum absolute atomic E-state index is 0.181. The molecule has 0 aliphatic rings. The minimum Gasteiger partial charge on any atom is -0.481 e. The first kappa shape index (κ1) is 15.2. The molecule has 116 valence electrons. The lowest BCUT2D eigenvalue weighted by Gasteiger charge is -2.01. The van der Waals surface area contributed by atoms with Gasteiger partial charge in [0.05, 0.1) is 6.42 Å². The van der Waals surface area contributed by atoms with Gasteiger partial charge in [-0.3, -0.25) is 4.79 Å². The van der Waals surface area contributed by atoms with Crippen LogP contribution >= 0.6 is 11.3 Å². The van der Waals surface area contributed by atoms with Crippen molar-refractivity contribution in [2.45, 2.75) is 13.3 Å². The highest BCUT2D eigenvalue weighted by molar-refractivity contribution is 7.08. The number of benzene rings is 1. The number of carboxylic acids is 1. The van der Waals surface area contributed by atoms with Crippen LogP contribution in [0, 0.1) is 6.92 Å². The zero-order chi connectivity index (χ0) is 16.2. The predicted octanol–water partition coefficient (Wildman–Crippen LogP) is 4.12.